The van der Waals surface area contributed by atoms with Crippen LogP contribution in [0.1, 0.15) is 10.4 Å². The van der Waals surface area contributed by atoms with Crippen LogP contribution in [0.4, 0.5) is 0 Å². The largest absolute Gasteiger partial charge is 0.481 e. The molecule has 1 aromatic heterocycles. The summed E-state index contributed by atoms with van der Waals surface area (Å²) >= 11 is 3.34. The average molecular weight is 395 g/mol. The summed E-state index contributed by atoms with van der Waals surface area (Å²) in [6.07, 6.45) is 1.75. The molecule has 0 saturated heterocycles. The molecule has 124 valence electrons. The molecule has 4 nitrogen and oxygen atoms in total. The third kappa shape index (κ3) is 4.82. The number of carbonyl (C=O) groups is 1. The summed E-state index contributed by atoms with van der Waals surface area (Å²) in [7, 11) is 0. The van der Waals surface area contributed by atoms with Crippen LogP contribution in [0.15, 0.2) is 65.3 Å². The fourth-order valence-corrected chi connectivity index (χ4v) is 2.46. The lowest BCUT2D eigenvalue weighted by Gasteiger charge is -2.03. The monoisotopic (exact) mass is 394 g/mol. The van der Waals surface area contributed by atoms with E-state index in [0.29, 0.717) is 5.56 Å². The van der Waals surface area contributed by atoms with Gasteiger partial charge in [0.1, 0.15) is 12.4 Å². The first-order valence-electron chi connectivity index (χ1n) is 7.69. The number of nitrogens with one attached hydrogen (secondary N) is 1. The lowest BCUT2D eigenvalue weighted by molar-refractivity contribution is 0.0958. The van der Waals surface area contributed by atoms with Crippen LogP contribution in [-0.4, -0.2) is 24.0 Å². The molecule has 3 aromatic rings. The molecule has 1 heterocycles. The topological polar surface area (TPSA) is 51.2 Å². The van der Waals surface area contributed by atoms with E-state index in [0.717, 1.165) is 21.1 Å². The minimum atomic E-state index is -0.150. The quantitative estimate of drug-likeness (QED) is 0.684. The van der Waals surface area contributed by atoms with Gasteiger partial charge in [-0.2, -0.15) is 0 Å². The Hall–Kier alpha value is -2.84. The van der Waals surface area contributed by atoms with Gasteiger partial charge in [-0.1, -0.05) is 33.8 Å². The Kier molecular flexibility index (Phi) is 5.65. The number of carbonyl (C=O) groups excluding carboxylic acids is 1. The van der Waals surface area contributed by atoms with Crippen molar-refractivity contribution in [3.8, 4) is 17.6 Å². The highest BCUT2D eigenvalue weighted by atomic mass is 79.9. The van der Waals surface area contributed by atoms with Crippen molar-refractivity contribution in [1.29, 1.82) is 0 Å². The van der Waals surface area contributed by atoms with Crippen LogP contribution in [0.5, 0.6) is 5.75 Å². The summed E-state index contributed by atoms with van der Waals surface area (Å²) in [5.41, 5.74) is 1.49. The maximum absolute atomic E-state index is 11.9. The molecule has 0 atom stereocenters. The molecule has 0 radical (unpaired) electrons. The Morgan fingerprint density at radius 2 is 1.96 bits per heavy atom. The minimum Gasteiger partial charge on any atom is -0.481 e. The Bertz CT molecular complexity index is 943. The maximum Gasteiger partial charge on any atom is 0.252 e. The first-order valence-corrected chi connectivity index (χ1v) is 8.49. The molecule has 0 bridgehead atoms. The lowest BCUT2D eigenvalue weighted by atomic mass is 10.2. The van der Waals surface area contributed by atoms with Crippen LogP contribution in [0.3, 0.4) is 0 Å². The second kappa shape index (κ2) is 8.32. The van der Waals surface area contributed by atoms with Gasteiger partial charge < -0.3 is 10.1 Å². The van der Waals surface area contributed by atoms with Crippen molar-refractivity contribution in [1.82, 2.24) is 10.3 Å². The highest BCUT2D eigenvalue weighted by Gasteiger charge is 2.02. The molecule has 0 saturated carbocycles. The molecule has 2 aromatic carbocycles. The fourth-order valence-electron chi connectivity index (χ4n) is 2.20. The van der Waals surface area contributed by atoms with Crippen LogP contribution in [-0.2, 0) is 0 Å². The van der Waals surface area contributed by atoms with Crippen molar-refractivity contribution < 1.29 is 9.53 Å². The first kappa shape index (κ1) is 17.0. The molecule has 25 heavy (non-hydrogen) atoms. The zero-order valence-corrected chi connectivity index (χ0v) is 14.9. The van der Waals surface area contributed by atoms with Crippen LogP contribution in [0.2, 0.25) is 0 Å². The third-order valence-electron chi connectivity index (χ3n) is 3.46. The number of hydrogen-bond acceptors (Lipinski definition) is 3. The van der Waals surface area contributed by atoms with Crippen LogP contribution < -0.4 is 10.1 Å². The van der Waals surface area contributed by atoms with E-state index in [9.17, 15) is 4.79 Å². The van der Waals surface area contributed by atoms with Gasteiger partial charge in [0.2, 0.25) is 0 Å². The molecule has 0 aliphatic heterocycles. The number of pyridine rings is 1. The Balaban J connectivity index is 1.46. The average Bonchev–Trinajstić information content (AvgIpc) is 2.65. The molecule has 1 N–H and O–H groups in total. The van der Waals surface area contributed by atoms with E-state index in [1.54, 1.807) is 18.3 Å². The van der Waals surface area contributed by atoms with Crippen molar-refractivity contribution in [2.24, 2.45) is 0 Å². The smallest absolute Gasteiger partial charge is 0.252 e. The Labute approximate surface area is 154 Å². The van der Waals surface area contributed by atoms with E-state index >= 15 is 0 Å². The van der Waals surface area contributed by atoms with Gasteiger partial charge in [0.15, 0.2) is 0 Å². The number of rotatable bonds is 4. The summed E-state index contributed by atoms with van der Waals surface area (Å²) in [5.74, 6) is 6.33. The zero-order valence-electron chi connectivity index (χ0n) is 13.3. The predicted octanol–water partition coefficient (Wildman–Crippen LogP) is 3.81. The number of aromatic nitrogens is 1. The maximum atomic E-state index is 11.9. The number of ether oxygens (including phenoxy) is 1. The van der Waals surface area contributed by atoms with Crippen LogP contribution in [0, 0.1) is 11.8 Å². The van der Waals surface area contributed by atoms with E-state index in [4.69, 9.17) is 4.74 Å². The molecule has 0 aliphatic carbocycles. The van der Waals surface area contributed by atoms with Crippen molar-refractivity contribution >= 4 is 32.7 Å². The Morgan fingerprint density at radius 1 is 1.12 bits per heavy atom. The Morgan fingerprint density at radius 3 is 2.80 bits per heavy atom. The van der Waals surface area contributed by atoms with Gasteiger partial charge in [-0.05, 0) is 42.5 Å². The van der Waals surface area contributed by atoms with Crippen molar-refractivity contribution in [2.45, 2.75) is 0 Å². The minimum absolute atomic E-state index is 0.150. The van der Waals surface area contributed by atoms with Crippen molar-refractivity contribution in [3.05, 3.63) is 70.8 Å². The van der Waals surface area contributed by atoms with Crippen LogP contribution in [0.25, 0.3) is 10.9 Å². The summed E-state index contributed by atoms with van der Waals surface area (Å²) in [5, 5.41) is 3.81. The summed E-state index contributed by atoms with van der Waals surface area (Å²) in [6, 6.07) is 16.8. The molecule has 0 unspecified atom stereocenters. The molecule has 3 rings (SSSR count). The van der Waals surface area contributed by atoms with Gasteiger partial charge in [-0.3, -0.25) is 9.78 Å². The van der Waals surface area contributed by atoms with Crippen molar-refractivity contribution in [2.75, 3.05) is 13.2 Å². The van der Waals surface area contributed by atoms with Gasteiger partial charge in [-0.25, -0.2) is 0 Å². The summed E-state index contributed by atoms with van der Waals surface area (Å²) in [4.78, 5) is 16.2. The first-order chi connectivity index (χ1) is 12.2. The number of hydrogen-bond donors (Lipinski definition) is 1. The van der Waals surface area contributed by atoms with E-state index in [-0.39, 0.29) is 19.1 Å². The number of nitrogens with zero attached hydrogens (tertiary/aromatic N) is 1. The number of halogens is 1. The van der Waals surface area contributed by atoms with E-state index in [1.165, 1.54) is 0 Å². The zero-order chi connectivity index (χ0) is 17.5. The summed E-state index contributed by atoms with van der Waals surface area (Å²) < 4.78 is 6.52. The molecule has 1 amide bonds. The SMILES string of the molecule is O=C(NCC#CCOc1ccc2cccnc2c1)c1ccc(Br)cc1. The van der Waals surface area contributed by atoms with Gasteiger partial charge in [0.25, 0.3) is 5.91 Å². The number of benzene rings is 2. The second-order valence-electron chi connectivity index (χ2n) is 5.19. The molecular formula is C20H15BrN2O2. The molecule has 0 aliphatic rings. The van der Waals surface area contributed by atoms with Gasteiger partial charge in [0, 0.05) is 27.7 Å². The van der Waals surface area contributed by atoms with E-state index in [2.05, 4.69) is 38.1 Å². The van der Waals surface area contributed by atoms with Crippen molar-refractivity contribution in [3.63, 3.8) is 0 Å². The standard InChI is InChI=1S/C20H15BrN2O2/c21-17-8-5-16(6-9-17)20(24)23-11-1-2-13-25-18-10-7-15-4-3-12-22-19(15)14-18/h3-10,12,14H,11,13H2,(H,23,24). The van der Waals surface area contributed by atoms with E-state index in [1.807, 2.05) is 42.5 Å². The van der Waals surface area contributed by atoms with Gasteiger partial charge in [-0.15, -0.1) is 0 Å². The van der Waals surface area contributed by atoms with Crippen LogP contribution >= 0.6 is 15.9 Å². The highest BCUT2D eigenvalue weighted by molar-refractivity contribution is 9.10. The summed E-state index contributed by atoms with van der Waals surface area (Å²) in [6.45, 7) is 0.532. The van der Waals surface area contributed by atoms with Gasteiger partial charge >= 0.3 is 0 Å². The number of fused-ring (bicyclic) bond motifs is 1. The molecule has 0 spiro atoms. The molecule has 5 heteroatoms. The normalized spacial score (nSPS) is 9.96. The van der Waals surface area contributed by atoms with E-state index < -0.39 is 0 Å². The lowest BCUT2D eigenvalue weighted by Crippen LogP contribution is -2.23. The number of amides is 1. The second-order valence-corrected chi connectivity index (χ2v) is 6.11. The fraction of sp³-hybridized carbons (Fsp3) is 0.100. The third-order valence-corrected chi connectivity index (χ3v) is 3.99. The van der Waals surface area contributed by atoms with Gasteiger partial charge in [0.05, 0.1) is 12.1 Å². The predicted molar refractivity (Wildman–Crippen MR) is 101 cm³/mol. The molecule has 0 fully saturated rings. The highest BCUT2D eigenvalue weighted by Crippen LogP contribution is 2.18. The molecular weight excluding hydrogens is 380 g/mol.